The summed E-state index contributed by atoms with van der Waals surface area (Å²) in [7, 11) is 2.16. The first kappa shape index (κ1) is 15.0. The van der Waals surface area contributed by atoms with Crippen molar-refractivity contribution < 1.29 is 0 Å². The highest BCUT2D eigenvalue weighted by Crippen LogP contribution is 2.19. The number of anilines is 1. The van der Waals surface area contributed by atoms with E-state index in [4.69, 9.17) is 0 Å². The van der Waals surface area contributed by atoms with E-state index in [1.54, 1.807) is 0 Å². The lowest BCUT2D eigenvalue weighted by atomic mass is 10.00. The molecule has 1 rings (SSSR count). The molecule has 0 saturated carbocycles. The topological polar surface area (TPSA) is 28.2 Å². The quantitative estimate of drug-likeness (QED) is 0.801. The van der Waals surface area contributed by atoms with Gasteiger partial charge in [0.25, 0.3) is 0 Å². The molecule has 1 aromatic heterocycles. The maximum atomic E-state index is 4.65. The summed E-state index contributed by atoms with van der Waals surface area (Å²) < 4.78 is 0. The number of hydrogen-bond donors (Lipinski definition) is 1. The van der Waals surface area contributed by atoms with Crippen LogP contribution < -0.4 is 5.32 Å². The molecule has 0 atom stereocenters. The predicted molar refractivity (Wildman–Crippen MR) is 78.9 cm³/mol. The summed E-state index contributed by atoms with van der Waals surface area (Å²) in [4.78, 5) is 7.01. The third kappa shape index (κ3) is 4.30. The average Bonchev–Trinajstić information content (AvgIpc) is 2.36. The van der Waals surface area contributed by atoms with E-state index in [2.05, 4.69) is 62.1 Å². The van der Waals surface area contributed by atoms with Crippen LogP contribution >= 0.6 is 0 Å². The Labute approximate surface area is 112 Å². The highest BCUT2D eigenvalue weighted by atomic mass is 15.2. The minimum absolute atomic E-state index is 0.217. The third-order valence-corrected chi connectivity index (χ3v) is 3.66. The van der Waals surface area contributed by atoms with Crippen molar-refractivity contribution in [2.45, 2.75) is 52.6 Å². The van der Waals surface area contributed by atoms with Crippen molar-refractivity contribution in [2.24, 2.45) is 0 Å². The Bertz CT molecular complexity index is 361. The lowest BCUT2D eigenvalue weighted by Gasteiger charge is -2.34. The first-order valence-corrected chi connectivity index (χ1v) is 6.90. The van der Waals surface area contributed by atoms with E-state index < -0.39 is 0 Å². The molecule has 0 aromatic carbocycles. The Morgan fingerprint density at radius 1 is 1.28 bits per heavy atom. The number of pyridine rings is 1. The second kappa shape index (κ2) is 6.74. The lowest BCUT2D eigenvalue weighted by molar-refractivity contribution is 0.141. The van der Waals surface area contributed by atoms with Crippen LogP contribution in [0.5, 0.6) is 0 Å². The molecule has 3 nitrogen and oxygen atoms in total. The minimum Gasteiger partial charge on any atom is -0.370 e. The van der Waals surface area contributed by atoms with Crippen LogP contribution in [-0.2, 0) is 6.54 Å². The van der Waals surface area contributed by atoms with Gasteiger partial charge in [0.05, 0.1) is 5.69 Å². The summed E-state index contributed by atoms with van der Waals surface area (Å²) in [6, 6.07) is 6.20. The Morgan fingerprint density at radius 2 is 2.00 bits per heavy atom. The third-order valence-electron chi connectivity index (χ3n) is 3.66. The molecule has 0 saturated heterocycles. The molecule has 0 radical (unpaired) electrons. The normalized spacial score (nSPS) is 11.9. The number of rotatable bonds is 7. The average molecular weight is 249 g/mol. The predicted octanol–water partition coefficient (Wildman–Crippen LogP) is 3.52. The van der Waals surface area contributed by atoms with Crippen LogP contribution in [0.15, 0.2) is 18.2 Å². The summed E-state index contributed by atoms with van der Waals surface area (Å²) >= 11 is 0. The van der Waals surface area contributed by atoms with Gasteiger partial charge in [0.2, 0.25) is 0 Å². The molecule has 0 aliphatic carbocycles. The highest BCUT2D eigenvalue weighted by molar-refractivity contribution is 5.35. The number of aromatic nitrogens is 1. The second-order valence-electron chi connectivity index (χ2n) is 5.46. The van der Waals surface area contributed by atoms with Crippen LogP contribution in [0.3, 0.4) is 0 Å². The Morgan fingerprint density at radius 3 is 2.61 bits per heavy atom. The van der Waals surface area contributed by atoms with Crippen LogP contribution in [0.2, 0.25) is 0 Å². The van der Waals surface area contributed by atoms with Crippen LogP contribution in [0.4, 0.5) is 5.82 Å². The van der Waals surface area contributed by atoms with Gasteiger partial charge in [-0.05, 0) is 45.9 Å². The van der Waals surface area contributed by atoms with Gasteiger partial charge in [0.1, 0.15) is 5.82 Å². The van der Waals surface area contributed by atoms with E-state index in [0.29, 0.717) is 0 Å². The number of nitrogens with zero attached hydrogens (tertiary/aromatic N) is 2. The van der Waals surface area contributed by atoms with Crippen LogP contribution in [-0.4, -0.2) is 29.0 Å². The number of hydrogen-bond acceptors (Lipinski definition) is 3. The first-order valence-electron chi connectivity index (χ1n) is 6.90. The molecule has 0 amide bonds. The van der Waals surface area contributed by atoms with Gasteiger partial charge in [-0.3, -0.25) is 4.90 Å². The van der Waals surface area contributed by atoms with Gasteiger partial charge in [-0.15, -0.1) is 0 Å². The van der Waals surface area contributed by atoms with E-state index in [-0.39, 0.29) is 5.54 Å². The van der Waals surface area contributed by atoms with E-state index in [0.717, 1.165) is 37.4 Å². The fourth-order valence-electron chi connectivity index (χ4n) is 1.65. The Balaban J connectivity index is 2.67. The molecular formula is C15H27N3. The summed E-state index contributed by atoms with van der Waals surface area (Å²) in [5, 5.41) is 3.33. The zero-order valence-corrected chi connectivity index (χ0v) is 12.5. The van der Waals surface area contributed by atoms with Crippen molar-refractivity contribution in [3.8, 4) is 0 Å². The summed E-state index contributed by atoms with van der Waals surface area (Å²) in [5.41, 5.74) is 1.34. The molecule has 0 aliphatic heterocycles. The van der Waals surface area contributed by atoms with Crippen molar-refractivity contribution in [2.75, 3.05) is 18.9 Å². The molecule has 1 N–H and O–H groups in total. The van der Waals surface area contributed by atoms with Gasteiger partial charge in [-0.1, -0.05) is 19.9 Å². The fourth-order valence-corrected chi connectivity index (χ4v) is 1.65. The molecule has 3 heteroatoms. The van der Waals surface area contributed by atoms with Crippen molar-refractivity contribution in [1.82, 2.24) is 9.88 Å². The number of nitrogens with one attached hydrogen (secondary N) is 1. The fraction of sp³-hybridized carbons (Fsp3) is 0.667. The second-order valence-corrected chi connectivity index (χ2v) is 5.46. The van der Waals surface area contributed by atoms with Gasteiger partial charge >= 0.3 is 0 Å². The zero-order chi connectivity index (χ0) is 13.6. The SMILES string of the molecule is CCCNc1cccc(CN(C)C(C)(C)CC)n1. The van der Waals surface area contributed by atoms with Gasteiger partial charge < -0.3 is 5.32 Å². The van der Waals surface area contributed by atoms with Crippen LogP contribution in [0.25, 0.3) is 0 Å². The molecule has 18 heavy (non-hydrogen) atoms. The largest absolute Gasteiger partial charge is 0.370 e. The van der Waals surface area contributed by atoms with Gasteiger partial charge in [0.15, 0.2) is 0 Å². The maximum Gasteiger partial charge on any atom is 0.126 e. The Hall–Kier alpha value is -1.09. The zero-order valence-electron chi connectivity index (χ0n) is 12.5. The lowest BCUT2D eigenvalue weighted by Crippen LogP contribution is -2.40. The summed E-state index contributed by atoms with van der Waals surface area (Å²) in [6.45, 7) is 10.8. The highest BCUT2D eigenvalue weighted by Gasteiger charge is 2.21. The molecule has 0 fully saturated rings. The maximum absolute atomic E-state index is 4.65. The molecule has 0 unspecified atom stereocenters. The van der Waals surface area contributed by atoms with Crippen molar-refractivity contribution >= 4 is 5.82 Å². The van der Waals surface area contributed by atoms with Crippen molar-refractivity contribution in [3.63, 3.8) is 0 Å². The molecule has 0 bridgehead atoms. The summed E-state index contributed by atoms with van der Waals surface area (Å²) in [6.07, 6.45) is 2.26. The Kier molecular flexibility index (Phi) is 5.60. The van der Waals surface area contributed by atoms with E-state index in [9.17, 15) is 0 Å². The van der Waals surface area contributed by atoms with Crippen molar-refractivity contribution in [3.05, 3.63) is 23.9 Å². The van der Waals surface area contributed by atoms with Gasteiger partial charge in [-0.25, -0.2) is 4.98 Å². The van der Waals surface area contributed by atoms with Crippen LogP contribution in [0, 0.1) is 0 Å². The molecule has 0 spiro atoms. The van der Waals surface area contributed by atoms with E-state index in [1.807, 2.05) is 6.07 Å². The molecule has 1 heterocycles. The summed E-state index contributed by atoms with van der Waals surface area (Å²) in [5.74, 6) is 0.983. The molecule has 1 aromatic rings. The minimum atomic E-state index is 0.217. The monoisotopic (exact) mass is 249 g/mol. The van der Waals surface area contributed by atoms with Gasteiger partial charge in [-0.2, -0.15) is 0 Å². The smallest absolute Gasteiger partial charge is 0.126 e. The van der Waals surface area contributed by atoms with E-state index >= 15 is 0 Å². The van der Waals surface area contributed by atoms with Crippen LogP contribution in [0.1, 0.15) is 46.2 Å². The van der Waals surface area contributed by atoms with Crippen molar-refractivity contribution in [1.29, 1.82) is 0 Å². The molecular weight excluding hydrogens is 222 g/mol. The van der Waals surface area contributed by atoms with Gasteiger partial charge in [0, 0.05) is 18.6 Å². The first-order chi connectivity index (χ1) is 8.49. The van der Waals surface area contributed by atoms with E-state index in [1.165, 1.54) is 0 Å². The molecule has 0 aliphatic rings. The molecule has 102 valence electrons. The standard InChI is InChI=1S/C15H27N3/c1-6-11-16-14-10-8-9-13(17-14)12-18(5)15(3,4)7-2/h8-10H,6-7,11-12H2,1-5H3,(H,16,17).